The van der Waals surface area contributed by atoms with Crippen LogP contribution in [0.15, 0.2) is 48.5 Å². The van der Waals surface area contributed by atoms with Crippen molar-refractivity contribution >= 4 is 11.9 Å². The van der Waals surface area contributed by atoms with E-state index in [1.807, 2.05) is 6.07 Å². The van der Waals surface area contributed by atoms with Gasteiger partial charge in [0.05, 0.1) is 24.3 Å². The van der Waals surface area contributed by atoms with Crippen molar-refractivity contribution in [1.82, 2.24) is 5.32 Å². The van der Waals surface area contributed by atoms with Gasteiger partial charge in [-0.05, 0) is 35.9 Å². The van der Waals surface area contributed by atoms with Gasteiger partial charge >= 0.3 is 12.1 Å². The molecule has 0 bridgehead atoms. The van der Waals surface area contributed by atoms with Gasteiger partial charge in [0.2, 0.25) is 0 Å². The van der Waals surface area contributed by atoms with Crippen LogP contribution in [0.1, 0.15) is 27.0 Å². The summed E-state index contributed by atoms with van der Waals surface area (Å²) in [6.45, 7) is 0. The van der Waals surface area contributed by atoms with Crippen molar-refractivity contribution in [3.05, 3.63) is 70.8 Å². The molecule has 5 nitrogen and oxygen atoms in total. The first-order valence-electron chi connectivity index (χ1n) is 7.79. The zero-order chi connectivity index (χ0) is 20.0. The van der Waals surface area contributed by atoms with Gasteiger partial charge in [0.1, 0.15) is 6.04 Å². The molecule has 0 unspecified atom stereocenters. The molecule has 1 amide bonds. The van der Waals surface area contributed by atoms with E-state index in [4.69, 9.17) is 5.26 Å². The number of hydrogen-bond acceptors (Lipinski definition) is 4. The number of amides is 1. The maximum atomic E-state index is 12.8. The van der Waals surface area contributed by atoms with E-state index in [-0.39, 0.29) is 12.0 Å². The van der Waals surface area contributed by atoms with Crippen LogP contribution in [-0.4, -0.2) is 25.0 Å². The second kappa shape index (κ2) is 8.36. The van der Waals surface area contributed by atoms with Crippen LogP contribution >= 0.6 is 0 Å². The Morgan fingerprint density at radius 2 is 1.85 bits per heavy atom. The predicted octanol–water partition coefficient (Wildman–Crippen LogP) is 3.09. The Hall–Kier alpha value is -3.34. The van der Waals surface area contributed by atoms with Crippen molar-refractivity contribution in [3.63, 3.8) is 0 Å². The third kappa shape index (κ3) is 5.31. The molecule has 1 N–H and O–H groups in total. The molecule has 2 aromatic rings. The van der Waals surface area contributed by atoms with Gasteiger partial charge in [-0.2, -0.15) is 18.4 Å². The number of alkyl halides is 3. The number of hydrogen-bond donors (Lipinski definition) is 1. The molecule has 8 heteroatoms. The highest BCUT2D eigenvalue weighted by molar-refractivity contribution is 5.97. The summed E-state index contributed by atoms with van der Waals surface area (Å²) < 4.78 is 43.0. The lowest BCUT2D eigenvalue weighted by molar-refractivity contribution is -0.143. The maximum Gasteiger partial charge on any atom is 0.416 e. The molecular weight excluding hydrogens is 361 g/mol. The molecule has 2 rings (SSSR count). The Labute approximate surface area is 153 Å². The first kappa shape index (κ1) is 20.0. The average molecular weight is 376 g/mol. The molecule has 0 fully saturated rings. The van der Waals surface area contributed by atoms with E-state index in [1.54, 1.807) is 24.3 Å². The highest BCUT2D eigenvalue weighted by atomic mass is 19.4. The number of nitrogens with zero attached hydrogens (tertiary/aromatic N) is 1. The molecule has 0 radical (unpaired) electrons. The van der Waals surface area contributed by atoms with Gasteiger partial charge in [-0.3, -0.25) is 4.79 Å². The van der Waals surface area contributed by atoms with Crippen molar-refractivity contribution in [3.8, 4) is 6.07 Å². The highest BCUT2D eigenvalue weighted by Gasteiger charge is 2.31. The van der Waals surface area contributed by atoms with Crippen molar-refractivity contribution in [2.24, 2.45) is 0 Å². The number of nitriles is 1. The third-order valence-electron chi connectivity index (χ3n) is 3.77. The lowest BCUT2D eigenvalue weighted by Gasteiger charge is -2.17. The molecule has 1 atom stereocenters. The largest absolute Gasteiger partial charge is 0.467 e. The second-order valence-corrected chi connectivity index (χ2v) is 5.64. The summed E-state index contributed by atoms with van der Waals surface area (Å²) in [6.07, 6.45) is -4.52. The van der Waals surface area contributed by atoms with Crippen LogP contribution in [-0.2, 0) is 22.1 Å². The summed E-state index contributed by atoms with van der Waals surface area (Å²) in [5, 5.41) is 11.2. The van der Waals surface area contributed by atoms with E-state index in [0.29, 0.717) is 17.2 Å². The monoisotopic (exact) mass is 376 g/mol. The molecular formula is C19H15F3N2O3. The van der Waals surface area contributed by atoms with Gasteiger partial charge in [0, 0.05) is 12.0 Å². The third-order valence-corrected chi connectivity index (χ3v) is 3.77. The van der Waals surface area contributed by atoms with Crippen LogP contribution in [0.3, 0.4) is 0 Å². The average Bonchev–Trinajstić information content (AvgIpc) is 2.66. The number of halogens is 3. The number of carbonyl (C=O) groups is 2. The van der Waals surface area contributed by atoms with Crippen LogP contribution in [0.5, 0.6) is 0 Å². The number of benzene rings is 2. The molecule has 0 saturated heterocycles. The number of methoxy groups -OCH3 is 1. The van der Waals surface area contributed by atoms with Crippen LogP contribution < -0.4 is 5.32 Å². The Balaban J connectivity index is 2.19. The van der Waals surface area contributed by atoms with Gasteiger partial charge in [-0.25, -0.2) is 4.79 Å². The molecule has 0 aliphatic rings. The van der Waals surface area contributed by atoms with Crippen LogP contribution in [0.2, 0.25) is 0 Å². The van der Waals surface area contributed by atoms with Gasteiger partial charge in [0.15, 0.2) is 0 Å². The van der Waals surface area contributed by atoms with E-state index in [1.165, 1.54) is 6.07 Å². The lowest BCUT2D eigenvalue weighted by atomic mass is 10.0. The number of nitrogens with one attached hydrogen (secondary N) is 1. The quantitative estimate of drug-likeness (QED) is 0.814. The Morgan fingerprint density at radius 3 is 2.41 bits per heavy atom. The zero-order valence-electron chi connectivity index (χ0n) is 14.2. The Kier molecular flexibility index (Phi) is 6.19. The van der Waals surface area contributed by atoms with Crippen molar-refractivity contribution in [1.29, 1.82) is 5.26 Å². The fraction of sp³-hybridized carbons (Fsp3) is 0.211. The minimum Gasteiger partial charge on any atom is -0.467 e. The minimum absolute atomic E-state index is 0.0586. The van der Waals surface area contributed by atoms with Crippen LogP contribution in [0.25, 0.3) is 0 Å². The molecule has 0 spiro atoms. The molecule has 140 valence electrons. The van der Waals surface area contributed by atoms with E-state index >= 15 is 0 Å². The maximum absolute atomic E-state index is 12.8. The fourth-order valence-electron chi connectivity index (χ4n) is 2.36. The van der Waals surface area contributed by atoms with Crippen molar-refractivity contribution < 1.29 is 27.5 Å². The number of rotatable bonds is 5. The van der Waals surface area contributed by atoms with E-state index in [2.05, 4.69) is 10.1 Å². The van der Waals surface area contributed by atoms with Crippen LogP contribution in [0, 0.1) is 11.3 Å². The Bertz CT molecular complexity index is 871. The summed E-state index contributed by atoms with van der Waals surface area (Å²) >= 11 is 0. The van der Waals surface area contributed by atoms with E-state index < -0.39 is 29.7 Å². The van der Waals surface area contributed by atoms with Gasteiger partial charge in [-0.1, -0.05) is 18.2 Å². The fourth-order valence-corrected chi connectivity index (χ4v) is 2.36. The van der Waals surface area contributed by atoms with E-state index in [0.717, 1.165) is 19.2 Å². The summed E-state index contributed by atoms with van der Waals surface area (Å²) in [5.74, 6) is -1.56. The van der Waals surface area contributed by atoms with Gasteiger partial charge in [-0.15, -0.1) is 0 Å². The molecule has 0 aliphatic carbocycles. The summed E-state index contributed by atoms with van der Waals surface area (Å²) in [4.78, 5) is 24.3. The number of ether oxygens (including phenoxy) is 1. The zero-order valence-corrected chi connectivity index (χ0v) is 14.2. The van der Waals surface area contributed by atoms with E-state index in [9.17, 15) is 22.8 Å². The predicted molar refractivity (Wildman–Crippen MR) is 89.6 cm³/mol. The SMILES string of the molecule is COC(=O)[C@@H](Cc1ccc(C#N)cc1)NC(=O)c1cccc(C(F)(F)F)c1. The standard InChI is InChI=1S/C19H15F3N2O3/c1-27-18(26)16(9-12-5-7-13(11-23)8-6-12)24-17(25)14-3-2-4-15(10-14)19(20,21)22/h2-8,10,16H,9H2,1H3,(H,24,25)/t16-/m1/s1. The second-order valence-electron chi connectivity index (χ2n) is 5.64. The Morgan fingerprint density at radius 1 is 1.19 bits per heavy atom. The van der Waals surface area contributed by atoms with Crippen molar-refractivity contribution in [2.45, 2.75) is 18.6 Å². The summed E-state index contributed by atoms with van der Waals surface area (Å²) in [7, 11) is 1.14. The van der Waals surface area contributed by atoms with Crippen LogP contribution in [0.4, 0.5) is 13.2 Å². The summed E-state index contributed by atoms with van der Waals surface area (Å²) in [6, 6.07) is 11.1. The molecule has 0 heterocycles. The molecule has 0 saturated carbocycles. The molecule has 0 aromatic heterocycles. The van der Waals surface area contributed by atoms with Gasteiger partial charge < -0.3 is 10.1 Å². The molecule has 2 aromatic carbocycles. The summed E-state index contributed by atoms with van der Waals surface area (Å²) in [5.41, 5.74) is -0.106. The normalized spacial score (nSPS) is 12.0. The smallest absolute Gasteiger partial charge is 0.416 e. The number of esters is 1. The molecule has 27 heavy (non-hydrogen) atoms. The number of carbonyl (C=O) groups excluding carboxylic acids is 2. The topological polar surface area (TPSA) is 79.2 Å². The lowest BCUT2D eigenvalue weighted by Crippen LogP contribution is -2.43. The van der Waals surface area contributed by atoms with Gasteiger partial charge in [0.25, 0.3) is 5.91 Å². The van der Waals surface area contributed by atoms with Crippen molar-refractivity contribution in [2.75, 3.05) is 7.11 Å². The molecule has 0 aliphatic heterocycles. The highest BCUT2D eigenvalue weighted by Crippen LogP contribution is 2.29. The first-order chi connectivity index (χ1) is 12.7. The minimum atomic E-state index is -4.58. The first-order valence-corrected chi connectivity index (χ1v) is 7.79.